The van der Waals surface area contributed by atoms with Crippen LogP contribution in [-0.4, -0.2) is 38.0 Å². The molecule has 176 valence electrons. The third-order valence-electron chi connectivity index (χ3n) is 3.83. The molecular weight excluding hydrogens is 467 g/mol. The van der Waals surface area contributed by atoms with Crippen LogP contribution < -0.4 is 27.1 Å². The van der Waals surface area contributed by atoms with Crippen molar-refractivity contribution in [2.45, 2.75) is 25.8 Å². The van der Waals surface area contributed by atoms with E-state index in [9.17, 15) is 22.4 Å². The smallest absolute Gasteiger partial charge is 0.275 e. The van der Waals surface area contributed by atoms with Crippen molar-refractivity contribution in [1.82, 2.24) is 9.88 Å². The molecule has 0 unspecified atom stereocenters. The number of pyridine rings is 1. The molecule has 0 radical (unpaired) electrons. The van der Waals surface area contributed by atoms with E-state index in [2.05, 4.69) is 15.2 Å². The lowest BCUT2D eigenvalue weighted by atomic mass is 10.3. The quantitative estimate of drug-likeness (QED) is 0.173. The molecule has 11 nitrogen and oxygen atoms in total. The van der Waals surface area contributed by atoms with Gasteiger partial charge in [-0.05, 0) is 42.4 Å². The molecule has 1 aromatic carbocycles. The van der Waals surface area contributed by atoms with E-state index in [-0.39, 0.29) is 48.7 Å². The summed E-state index contributed by atoms with van der Waals surface area (Å²) in [7, 11) is -4.23. The van der Waals surface area contributed by atoms with Gasteiger partial charge in [-0.1, -0.05) is 19.0 Å². The predicted molar refractivity (Wildman–Crippen MR) is 119 cm³/mol. The SMILES string of the molecule is C.Cc1ccc(NS(=O)(=O)c2ccc(F)c(Cl)c2)c(=O)n1CC(=O)NCCON=C(N)N. The minimum absolute atomic E-state index is 0. The Morgan fingerprint density at radius 2 is 1.97 bits per heavy atom. The monoisotopic (exact) mass is 490 g/mol. The highest BCUT2D eigenvalue weighted by Crippen LogP contribution is 2.21. The van der Waals surface area contributed by atoms with Crippen LogP contribution in [0.2, 0.25) is 5.02 Å². The number of amides is 1. The molecule has 0 aliphatic carbocycles. The lowest BCUT2D eigenvalue weighted by molar-refractivity contribution is -0.122. The highest BCUT2D eigenvalue weighted by molar-refractivity contribution is 7.92. The number of oxime groups is 1. The summed E-state index contributed by atoms with van der Waals surface area (Å²) in [5.74, 6) is -1.58. The van der Waals surface area contributed by atoms with E-state index in [0.717, 1.165) is 22.8 Å². The second-order valence-electron chi connectivity index (χ2n) is 6.16. The molecule has 0 bridgehead atoms. The molecule has 0 atom stereocenters. The summed E-state index contributed by atoms with van der Waals surface area (Å²) in [5, 5.41) is 5.40. The number of anilines is 1. The van der Waals surface area contributed by atoms with Gasteiger partial charge >= 0.3 is 0 Å². The molecule has 0 aliphatic heterocycles. The number of benzene rings is 1. The van der Waals surface area contributed by atoms with Crippen molar-refractivity contribution in [2.24, 2.45) is 16.6 Å². The average Bonchev–Trinajstić information content (AvgIpc) is 2.69. The first-order valence-corrected chi connectivity index (χ1v) is 10.5. The number of carbonyl (C=O) groups excluding carboxylic acids is 1. The summed E-state index contributed by atoms with van der Waals surface area (Å²) in [5.41, 5.74) is 9.55. The standard InChI is InChI=1S/C17H20ClFN6O5S.CH4/c1-10-2-5-14(24-31(28,29)11-3-4-13(19)12(18)8-11)16(27)25(10)9-15(26)22-6-7-30-23-17(20)21;/h2-5,8,24H,6-7,9H2,1H3,(H,22,26)(H4,20,21,23);1H4. The highest BCUT2D eigenvalue weighted by Gasteiger charge is 2.19. The van der Waals surface area contributed by atoms with Crippen LogP contribution in [0.1, 0.15) is 13.1 Å². The Kier molecular flexibility index (Phi) is 9.47. The molecule has 32 heavy (non-hydrogen) atoms. The van der Waals surface area contributed by atoms with Crippen LogP contribution in [0, 0.1) is 12.7 Å². The maximum absolute atomic E-state index is 13.3. The fourth-order valence-electron chi connectivity index (χ4n) is 2.35. The molecule has 2 aromatic rings. The van der Waals surface area contributed by atoms with Gasteiger partial charge in [-0.3, -0.25) is 14.3 Å². The van der Waals surface area contributed by atoms with E-state index in [0.29, 0.717) is 5.69 Å². The van der Waals surface area contributed by atoms with Crippen LogP contribution in [0.3, 0.4) is 0 Å². The lowest BCUT2D eigenvalue weighted by Crippen LogP contribution is -2.36. The Hall–Kier alpha value is -3.32. The topological polar surface area (TPSA) is 171 Å². The second kappa shape index (κ2) is 11.3. The summed E-state index contributed by atoms with van der Waals surface area (Å²) in [6, 6.07) is 5.55. The van der Waals surface area contributed by atoms with E-state index in [1.165, 1.54) is 12.1 Å². The molecule has 0 spiro atoms. The second-order valence-corrected chi connectivity index (χ2v) is 8.25. The van der Waals surface area contributed by atoms with Gasteiger partial charge in [0.1, 0.15) is 24.7 Å². The Balaban J connectivity index is 0.00000512. The van der Waals surface area contributed by atoms with Crippen LogP contribution >= 0.6 is 11.6 Å². The summed E-state index contributed by atoms with van der Waals surface area (Å²) >= 11 is 5.63. The van der Waals surface area contributed by atoms with E-state index >= 15 is 0 Å². The van der Waals surface area contributed by atoms with Crippen LogP contribution in [0.25, 0.3) is 0 Å². The summed E-state index contributed by atoms with van der Waals surface area (Å²) < 4.78 is 41.6. The van der Waals surface area contributed by atoms with Gasteiger partial charge in [-0.15, -0.1) is 0 Å². The Morgan fingerprint density at radius 1 is 1.28 bits per heavy atom. The Labute approximate surface area is 189 Å². The van der Waals surface area contributed by atoms with Crippen LogP contribution in [0.15, 0.2) is 45.2 Å². The molecular formula is C18H24ClFN6O5S. The molecule has 2 rings (SSSR count). The molecule has 1 amide bonds. The van der Waals surface area contributed by atoms with E-state index in [4.69, 9.17) is 27.9 Å². The van der Waals surface area contributed by atoms with Crippen molar-refractivity contribution in [3.05, 3.63) is 57.2 Å². The average molecular weight is 491 g/mol. The van der Waals surface area contributed by atoms with Gasteiger partial charge in [0.15, 0.2) is 0 Å². The number of nitrogens with two attached hydrogens (primary N) is 2. The van der Waals surface area contributed by atoms with Crippen molar-refractivity contribution in [1.29, 1.82) is 0 Å². The van der Waals surface area contributed by atoms with Gasteiger partial charge in [-0.25, -0.2) is 12.8 Å². The van der Waals surface area contributed by atoms with Crippen LogP contribution in [0.4, 0.5) is 10.1 Å². The van der Waals surface area contributed by atoms with Gasteiger partial charge in [0.05, 0.1) is 16.5 Å². The molecule has 0 fully saturated rings. The van der Waals surface area contributed by atoms with Crippen molar-refractivity contribution < 1.29 is 22.4 Å². The number of guanidine groups is 1. The summed E-state index contributed by atoms with van der Waals surface area (Å²) in [6.45, 7) is 1.28. The van der Waals surface area contributed by atoms with Gasteiger partial charge in [0.2, 0.25) is 11.9 Å². The molecule has 6 N–H and O–H groups in total. The zero-order valence-electron chi connectivity index (χ0n) is 16.3. The fraction of sp³-hybridized carbons (Fsp3) is 0.278. The predicted octanol–water partition coefficient (Wildman–Crippen LogP) is 0.707. The largest absolute Gasteiger partial charge is 0.391 e. The third-order valence-corrected chi connectivity index (χ3v) is 5.48. The maximum atomic E-state index is 13.3. The summed E-state index contributed by atoms with van der Waals surface area (Å²) in [6.07, 6.45) is 0. The molecule has 14 heteroatoms. The number of hydrogen-bond donors (Lipinski definition) is 4. The minimum Gasteiger partial charge on any atom is -0.391 e. The Bertz CT molecular complexity index is 1160. The third kappa shape index (κ3) is 7.13. The van der Waals surface area contributed by atoms with Gasteiger partial charge in [-0.2, -0.15) is 0 Å². The molecule has 1 heterocycles. The molecule has 1 aromatic heterocycles. The minimum atomic E-state index is -4.23. The number of hydrogen-bond acceptors (Lipinski definition) is 6. The van der Waals surface area contributed by atoms with Crippen molar-refractivity contribution in [3.63, 3.8) is 0 Å². The molecule has 0 aliphatic rings. The van der Waals surface area contributed by atoms with Crippen LogP contribution in [-0.2, 0) is 26.2 Å². The number of halogens is 2. The fourth-order valence-corrected chi connectivity index (χ4v) is 3.68. The first-order valence-electron chi connectivity index (χ1n) is 8.67. The van der Waals surface area contributed by atoms with Gasteiger partial charge in [0, 0.05) is 5.69 Å². The Morgan fingerprint density at radius 3 is 2.59 bits per heavy atom. The van der Waals surface area contributed by atoms with Gasteiger partial charge < -0.3 is 26.2 Å². The number of aryl methyl sites for hydroxylation is 1. The normalized spacial score (nSPS) is 10.6. The van der Waals surface area contributed by atoms with Gasteiger partial charge in [0.25, 0.3) is 15.6 Å². The number of aromatic nitrogens is 1. The molecule has 0 saturated heterocycles. The number of sulfonamides is 1. The highest BCUT2D eigenvalue weighted by atomic mass is 35.5. The zero-order valence-corrected chi connectivity index (χ0v) is 17.8. The lowest BCUT2D eigenvalue weighted by Gasteiger charge is -2.13. The maximum Gasteiger partial charge on any atom is 0.275 e. The van der Waals surface area contributed by atoms with E-state index < -0.39 is 27.3 Å². The number of carbonyl (C=O) groups is 1. The van der Waals surface area contributed by atoms with Crippen molar-refractivity contribution >= 4 is 39.2 Å². The number of nitrogens with zero attached hydrogens (tertiary/aromatic N) is 2. The van der Waals surface area contributed by atoms with Crippen molar-refractivity contribution in [3.8, 4) is 0 Å². The summed E-state index contributed by atoms with van der Waals surface area (Å²) in [4.78, 5) is 29.2. The first-order chi connectivity index (χ1) is 14.5. The number of rotatable bonds is 9. The first kappa shape index (κ1) is 26.7. The van der Waals surface area contributed by atoms with Crippen molar-refractivity contribution in [2.75, 3.05) is 17.9 Å². The molecule has 0 saturated carbocycles. The zero-order chi connectivity index (χ0) is 23.2. The van der Waals surface area contributed by atoms with Crippen LogP contribution in [0.5, 0.6) is 0 Å². The number of nitrogens with one attached hydrogen (secondary N) is 2. The van der Waals surface area contributed by atoms with E-state index in [1.54, 1.807) is 6.92 Å². The van der Waals surface area contributed by atoms with E-state index in [1.807, 2.05) is 0 Å².